The molecule has 0 saturated heterocycles. The summed E-state index contributed by atoms with van der Waals surface area (Å²) in [7, 11) is 8.16. The van der Waals surface area contributed by atoms with Gasteiger partial charge in [-0.05, 0) is 6.86 Å². The van der Waals surface area contributed by atoms with Crippen LogP contribution in [0.1, 0.15) is 0 Å². The smallest absolute Gasteiger partial charge is 0.0120 e. The van der Waals surface area contributed by atoms with Crippen molar-refractivity contribution in [3.05, 3.63) is 0 Å². The molecule has 0 amide bonds. The molecule has 1 atom stereocenters. The molecule has 0 aromatic rings. The molecule has 0 radical (unpaired) electrons. The molecule has 7 heteroatoms. The van der Waals surface area contributed by atoms with E-state index in [1.54, 1.807) is 36.8 Å². The van der Waals surface area contributed by atoms with Crippen LogP contribution in [0.3, 0.4) is 0 Å². The number of halogens is 1. The largest absolute Gasteiger partial charge is 0.0333 e. The average molecular weight is 314 g/mol. The van der Waals surface area contributed by atoms with Gasteiger partial charge in [-0.1, -0.05) is 0 Å². The minimum Gasteiger partial charge on any atom is -0.0333 e. The summed E-state index contributed by atoms with van der Waals surface area (Å²) in [6, 6.07) is 0. The van der Waals surface area contributed by atoms with Crippen molar-refractivity contribution in [1.82, 2.24) is 0 Å². The van der Waals surface area contributed by atoms with Crippen LogP contribution < -0.4 is 0 Å². The van der Waals surface area contributed by atoms with Crippen LogP contribution in [0.4, 0.5) is 0 Å². The van der Waals surface area contributed by atoms with Crippen LogP contribution in [0.5, 0.6) is 0 Å². The van der Waals surface area contributed by atoms with Crippen LogP contribution in [0.15, 0.2) is 0 Å². The Morgan fingerprint density at radius 1 is 1.14 bits per heavy atom. The van der Waals surface area contributed by atoms with Crippen LogP contribution in [0.25, 0.3) is 0 Å². The Morgan fingerprint density at radius 2 is 2.00 bits per heavy atom. The lowest BCUT2D eigenvalue weighted by Gasteiger charge is -1.84. The molecule has 0 nitrogen and oxygen atoms in total. The summed E-state index contributed by atoms with van der Waals surface area (Å²) < 4.78 is 0. The summed E-state index contributed by atoms with van der Waals surface area (Å²) in [6.45, 7) is 0.693. The lowest BCUT2D eigenvalue weighted by Crippen LogP contribution is -1.32. The van der Waals surface area contributed by atoms with Gasteiger partial charge in [-0.25, -0.2) is 0 Å². The maximum atomic E-state index is 2.54. The third-order valence-electron chi connectivity index (χ3n) is 0.288. The molecule has 1 aliphatic heterocycles. The van der Waals surface area contributed by atoms with E-state index in [9.17, 15) is 0 Å². The van der Waals surface area contributed by atoms with Crippen molar-refractivity contribution < 1.29 is 0 Å². The highest BCUT2D eigenvalue weighted by Gasteiger charge is 1.83. The first-order valence-corrected chi connectivity index (χ1v) is 13.6. The van der Waals surface area contributed by atoms with Crippen molar-refractivity contribution in [1.29, 1.82) is 0 Å². The van der Waals surface area contributed by atoms with Crippen LogP contribution in [-0.2, 0) is 6.86 Å². The topological polar surface area (TPSA) is 0 Å². The third-order valence-corrected chi connectivity index (χ3v) is 29.5. The Hall–Kier alpha value is 2.58. The summed E-state index contributed by atoms with van der Waals surface area (Å²) >= 11 is 2.54. The molecule has 1 heterocycles. The Balaban J connectivity index is 2.82. The molecule has 1 rings (SSSR count). The van der Waals surface area contributed by atoms with Crippen LogP contribution in [0, 0.1) is 0 Å². The van der Waals surface area contributed by atoms with E-state index in [0.717, 1.165) is 0 Å². The standard InChI is InChI=1S/IP5S/c1-7-5-3-2-4-6-7. The molecule has 0 spiro atoms. The zero-order chi connectivity index (χ0) is 5.11. The van der Waals surface area contributed by atoms with Gasteiger partial charge in [0.25, 0.3) is 0 Å². The highest BCUT2D eigenvalue weighted by Crippen LogP contribution is 2.54. The summed E-state index contributed by atoms with van der Waals surface area (Å²) in [5.74, 6) is 0. The molecule has 0 N–H and O–H groups in total. The van der Waals surface area contributed by atoms with E-state index in [1.807, 2.05) is 0 Å². The molecule has 0 fully saturated rings. The van der Waals surface area contributed by atoms with Crippen molar-refractivity contribution in [2.45, 2.75) is 0 Å². The molecule has 1 unspecified atom stereocenters. The molecule has 1 aliphatic rings. The normalized spacial score (nSPS) is 38.7. The van der Waals surface area contributed by atoms with Crippen LogP contribution in [-0.4, -0.2) is 0 Å². The van der Waals surface area contributed by atoms with Crippen molar-refractivity contribution in [2.75, 3.05) is 0 Å². The zero-order valence-electron chi connectivity index (χ0n) is 3.02. The van der Waals surface area contributed by atoms with Gasteiger partial charge < -0.3 is 0 Å². The maximum absolute atomic E-state index is 2.54. The van der Waals surface area contributed by atoms with Gasteiger partial charge in [0.1, 0.15) is 0 Å². The fourth-order valence-corrected chi connectivity index (χ4v) is 39.2. The first kappa shape index (κ1) is 7.68. The van der Waals surface area contributed by atoms with Gasteiger partial charge in [0.15, 0.2) is 0 Å². The molecule has 0 aromatic carbocycles. The lowest BCUT2D eigenvalue weighted by atomic mass is 29.4. The molecule has 0 aliphatic carbocycles. The summed E-state index contributed by atoms with van der Waals surface area (Å²) in [6.07, 6.45) is 0. The molecule has 0 aromatic heterocycles. The Morgan fingerprint density at radius 3 is 2.29 bits per heavy atom. The summed E-state index contributed by atoms with van der Waals surface area (Å²) in [5.41, 5.74) is 0. The molecular formula is IP5S. The van der Waals surface area contributed by atoms with E-state index in [2.05, 4.69) is 21.2 Å². The van der Waals surface area contributed by atoms with Crippen LogP contribution in [0.2, 0.25) is 0 Å². The van der Waals surface area contributed by atoms with Crippen molar-refractivity contribution in [3.63, 3.8) is 0 Å². The SMILES string of the molecule is IS1=PP=PP=P1. The minimum absolute atomic E-state index is 0.693. The van der Waals surface area contributed by atoms with E-state index in [-0.39, 0.29) is 0 Å². The summed E-state index contributed by atoms with van der Waals surface area (Å²) in [5, 5.41) is 0. The molecule has 0 saturated carbocycles. The zero-order valence-corrected chi connectivity index (χ0v) is 10.5. The van der Waals surface area contributed by atoms with E-state index < -0.39 is 0 Å². The third kappa shape index (κ3) is 3.32. The minimum atomic E-state index is 0.693. The fourth-order valence-electron chi connectivity index (χ4n) is 0.127. The predicted molar refractivity (Wildman–Crippen MR) is 56.0 cm³/mol. The van der Waals surface area contributed by atoms with Crippen LogP contribution >= 0.6 is 58.0 Å². The monoisotopic (exact) mass is 314 g/mol. The fraction of sp³-hybridized carbons (Fsp3) is 0. The van der Waals surface area contributed by atoms with E-state index in [1.165, 1.54) is 0 Å². The van der Waals surface area contributed by atoms with Crippen molar-refractivity contribution >= 4 is 64.9 Å². The Labute approximate surface area is 64.3 Å². The number of rotatable bonds is 0. The van der Waals surface area contributed by atoms with Gasteiger partial charge in [0, 0.05) is 58.0 Å². The maximum Gasteiger partial charge on any atom is 0.0120 e. The Bertz CT molecular complexity index is 144. The van der Waals surface area contributed by atoms with Gasteiger partial charge in [-0.2, -0.15) is 0 Å². The Kier molecular flexibility index (Phi) is 4.83. The van der Waals surface area contributed by atoms with Gasteiger partial charge in [-0.15, -0.1) is 0 Å². The van der Waals surface area contributed by atoms with Gasteiger partial charge >= 0.3 is 0 Å². The van der Waals surface area contributed by atoms with Gasteiger partial charge in [-0.3, -0.25) is 0 Å². The predicted octanol–water partition coefficient (Wildman–Crippen LogP) is 5.19. The second-order valence-electron chi connectivity index (χ2n) is 0.651. The van der Waals surface area contributed by atoms with Crippen molar-refractivity contribution in [2.24, 2.45) is 0 Å². The highest BCUT2D eigenvalue weighted by molar-refractivity contribution is 14.2. The molecule has 38 valence electrons. The van der Waals surface area contributed by atoms with E-state index in [4.69, 9.17) is 0 Å². The quantitative estimate of drug-likeness (QED) is 0.426. The first-order chi connectivity index (χ1) is 3.39. The van der Waals surface area contributed by atoms with Gasteiger partial charge in [0.2, 0.25) is 0 Å². The van der Waals surface area contributed by atoms with Gasteiger partial charge in [0.05, 0.1) is 0 Å². The first-order valence-electron chi connectivity index (χ1n) is 1.32. The van der Waals surface area contributed by atoms with Crippen molar-refractivity contribution in [3.8, 4) is 0 Å². The lowest BCUT2D eigenvalue weighted by molar-refractivity contribution is 5.26. The van der Waals surface area contributed by atoms with E-state index >= 15 is 0 Å². The number of hydrogen-bond donors (Lipinski definition) is 0. The highest BCUT2D eigenvalue weighted by atomic mass is 127. The molecule has 0 bridgehead atoms. The molecular weight excluding hydrogens is 314 g/mol. The molecule has 7 heavy (non-hydrogen) atoms. The number of hydrogen-bond acceptors (Lipinski definition) is 0. The second kappa shape index (κ2) is 4.40. The summed E-state index contributed by atoms with van der Waals surface area (Å²) in [4.78, 5) is 0. The average Bonchev–Trinajstić information content (AvgIpc) is 1.69. The van der Waals surface area contributed by atoms with E-state index in [0.29, 0.717) is 6.86 Å². The second-order valence-corrected chi connectivity index (χ2v) is 22.2.